The summed E-state index contributed by atoms with van der Waals surface area (Å²) in [6.07, 6.45) is 12.5. The van der Waals surface area contributed by atoms with Gasteiger partial charge >= 0.3 is 0 Å². The average Bonchev–Trinajstić information content (AvgIpc) is 3.10. The molecule has 0 atom stereocenters. The van der Waals surface area contributed by atoms with E-state index in [2.05, 4.69) is 75.3 Å². The van der Waals surface area contributed by atoms with Crippen LogP contribution < -0.4 is 25.6 Å². The van der Waals surface area contributed by atoms with E-state index >= 15 is 0 Å². The quantitative estimate of drug-likeness (QED) is 0.156. The van der Waals surface area contributed by atoms with Crippen LogP contribution in [0.5, 0.6) is 5.75 Å². The lowest BCUT2D eigenvalue weighted by Gasteiger charge is -2.44. The number of nitrogens with zero attached hydrogens (tertiary/aromatic N) is 7. The Kier molecular flexibility index (Phi) is 10.6. The lowest BCUT2D eigenvalue weighted by molar-refractivity contribution is 0.0668. The molecule has 0 amide bonds. The monoisotopic (exact) mass is 761 g/mol. The topological polar surface area (TPSA) is 112 Å². The summed E-state index contributed by atoms with van der Waals surface area (Å²) < 4.78 is 20.1. The van der Waals surface area contributed by atoms with Crippen molar-refractivity contribution in [2.24, 2.45) is 5.92 Å². The van der Waals surface area contributed by atoms with Crippen molar-refractivity contribution in [1.29, 1.82) is 0 Å². The second-order valence-electron chi connectivity index (χ2n) is 14.3. The Hall–Kier alpha value is -3.31. The number of hydrogen-bond acceptors (Lipinski definition) is 11. The number of ether oxygens (including phenoxy) is 1. The summed E-state index contributed by atoms with van der Waals surface area (Å²) in [5.74, 6) is 2.65. The number of nitrogens with one attached hydrogen (secondary N) is 2. The highest BCUT2D eigenvalue weighted by Gasteiger charge is 2.30. The van der Waals surface area contributed by atoms with Gasteiger partial charge in [-0.15, -0.1) is 0 Å². The minimum atomic E-state index is -2.74. The van der Waals surface area contributed by atoms with Crippen molar-refractivity contribution in [3.8, 4) is 5.75 Å². The Morgan fingerprint density at radius 2 is 1.70 bits per heavy atom. The summed E-state index contributed by atoms with van der Waals surface area (Å²) in [5.41, 5.74) is 5.29. The van der Waals surface area contributed by atoms with Crippen LogP contribution in [0, 0.1) is 5.92 Å². The SMILES string of the molecule is CCc1cc(Nc2ncc(Br)c(Nc3ccc4nccnc4c3P(C)(C)=O)n2)c(OC)cc1N1CCC(N2CCN(CC3CCC3)CC2)CC1. The third kappa shape index (κ3) is 7.64. The van der Waals surface area contributed by atoms with Crippen LogP contribution >= 0.6 is 23.1 Å². The molecular weight excluding hydrogens is 713 g/mol. The van der Waals surface area contributed by atoms with Gasteiger partial charge in [-0.05, 0) is 91.0 Å². The minimum Gasteiger partial charge on any atom is -0.494 e. The third-order valence-electron chi connectivity index (χ3n) is 10.6. The molecule has 11 nitrogen and oxygen atoms in total. The molecule has 2 aromatic carbocycles. The highest BCUT2D eigenvalue weighted by molar-refractivity contribution is 9.10. The molecule has 7 rings (SSSR count). The summed E-state index contributed by atoms with van der Waals surface area (Å²) in [6.45, 7) is 14.0. The Bertz CT molecular complexity index is 1870. The van der Waals surface area contributed by atoms with Gasteiger partial charge in [-0.1, -0.05) is 13.3 Å². The molecule has 266 valence electrons. The van der Waals surface area contributed by atoms with Gasteiger partial charge in [-0.2, -0.15) is 4.98 Å². The number of anilines is 5. The standard InChI is InChI=1S/C37H49BrN9O2P/c1-5-26-21-31(33(49-2)22-32(26)47-15-11-27(12-16-47)46-19-17-45(18-20-46)24-25-7-6-8-25)43-37-41-23-28(38)36(44-37)42-30-10-9-29-34(40-14-13-39-29)35(30)50(3,4)48/h9-10,13-14,21-23,25,27H,5-8,11-12,15-20,24H2,1-4H3,(H2,41,42,43,44). The molecule has 1 aliphatic carbocycles. The van der Waals surface area contributed by atoms with Gasteiger partial charge in [-0.3, -0.25) is 14.9 Å². The van der Waals surface area contributed by atoms with Gasteiger partial charge in [0, 0.05) is 82.2 Å². The zero-order valence-corrected chi connectivity index (χ0v) is 32.1. The second-order valence-corrected chi connectivity index (χ2v) is 18.3. The summed E-state index contributed by atoms with van der Waals surface area (Å²) in [7, 11) is -1.03. The van der Waals surface area contributed by atoms with Crippen LogP contribution in [0.2, 0.25) is 0 Å². The van der Waals surface area contributed by atoms with Gasteiger partial charge in [0.25, 0.3) is 0 Å². The van der Waals surface area contributed by atoms with E-state index in [0.29, 0.717) is 44.3 Å². The summed E-state index contributed by atoms with van der Waals surface area (Å²) in [6, 6.07) is 8.76. The fourth-order valence-electron chi connectivity index (χ4n) is 7.71. The minimum absolute atomic E-state index is 0.413. The Morgan fingerprint density at radius 1 is 0.940 bits per heavy atom. The first-order valence-electron chi connectivity index (χ1n) is 18.0. The average molecular weight is 763 g/mol. The third-order valence-corrected chi connectivity index (χ3v) is 12.8. The molecule has 3 aliphatic rings. The molecular formula is C37H49BrN9O2P. The zero-order valence-electron chi connectivity index (χ0n) is 29.7. The van der Waals surface area contributed by atoms with Crippen LogP contribution in [0.15, 0.2) is 47.3 Å². The number of hydrogen-bond donors (Lipinski definition) is 2. The summed E-state index contributed by atoms with van der Waals surface area (Å²) >= 11 is 3.60. The summed E-state index contributed by atoms with van der Waals surface area (Å²) in [4.78, 5) is 26.3. The lowest BCUT2D eigenvalue weighted by Crippen LogP contribution is -2.54. The molecule has 4 aromatic rings. The summed E-state index contributed by atoms with van der Waals surface area (Å²) in [5, 5.41) is 7.44. The Labute approximate surface area is 304 Å². The van der Waals surface area contributed by atoms with Crippen molar-refractivity contribution in [1.82, 2.24) is 29.7 Å². The Morgan fingerprint density at radius 3 is 2.38 bits per heavy atom. The molecule has 13 heteroatoms. The molecule has 0 radical (unpaired) electrons. The predicted octanol–water partition coefficient (Wildman–Crippen LogP) is 6.88. The molecule has 4 heterocycles. The van der Waals surface area contributed by atoms with E-state index < -0.39 is 7.14 Å². The van der Waals surface area contributed by atoms with Gasteiger partial charge in [0.1, 0.15) is 24.2 Å². The van der Waals surface area contributed by atoms with E-state index in [4.69, 9.17) is 9.72 Å². The van der Waals surface area contributed by atoms with E-state index in [9.17, 15) is 4.57 Å². The number of rotatable bonds is 11. The van der Waals surface area contributed by atoms with Gasteiger partial charge in [0.15, 0.2) is 0 Å². The highest BCUT2D eigenvalue weighted by atomic mass is 79.9. The molecule has 3 fully saturated rings. The van der Waals surface area contributed by atoms with E-state index in [1.807, 2.05) is 12.1 Å². The molecule has 2 aliphatic heterocycles. The fraction of sp³-hybridized carbons (Fsp3) is 0.514. The van der Waals surface area contributed by atoms with E-state index in [0.717, 1.165) is 36.9 Å². The zero-order chi connectivity index (χ0) is 34.8. The molecule has 2 saturated heterocycles. The van der Waals surface area contributed by atoms with E-state index in [1.165, 1.54) is 76.1 Å². The van der Waals surface area contributed by atoms with Crippen LogP contribution in [0.25, 0.3) is 11.0 Å². The lowest BCUT2D eigenvalue weighted by atomic mass is 9.85. The maximum absolute atomic E-state index is 13.5. The number of aryl methyl sites for hydroxylation is 1. The van der Waals surface area contributed by atoms with Crippen LogP contribution in [-0.2, 0) is 11.0 Å². The maximum atomic E-state index is 13.5. The molecule has 1 saturated carbocycles. The Balaban J connectivity index is 1.05. The molecule has 0 bridgehead atoms. The maximum Gasteiger partial charge on any atom is 0.229 e. The van der Waals surface area contributed by atoms with Crippen molar-refractivity contribution in [2.45, 2.75) is 51.5 Å². The van der Waals surface area contributed by atoms with Crippen molar-refractivity contribution >= 4 is 68.2 Å². The van der Waals surface area contributed by atoms with Gasteiger partial charge in [0.05, 0.1) is 33.8 Å². The van der Waals surface area contributed by atoms with Crippen LogP contribution in [0.3, 0.4) is 0 Å². The first-order chi connectivity index (χ1) is 24.2. The first-order valence-corrected chi connectivity index (χ1v) is 21.4. The van der Waals surface area contributed by atoms with Crippen LogP contribution in [0.4, 0.5) is 28.8 Å². The van der Waals surface area contributed by atoms with Crippen molar-refractivity contribution in [3.05, 3.63) is 52.9 Å². The normalized spacial score (nSPS) is 18.3. The number of fused-ring (bicyclic) bond motifs is 1. The van der Waals surface area contributed by atoms with Gasteiger partial charge in [0.2, 0.25) is 5.95 Å². The number of piperidine rings is 1. The van der Waals surface area contributed by atoms with E-state index in [1.54, 1.807) is 39.0 Å². The highest BCUT2D eigenvalue weighted by Crippen LogP contribution is 2.42. The molecule has 50 heavy (non-hydrogen) atoms. The number of benzene rings is 2. The predicted molar refractivity (Wildman–Crippen MR) is 208 cm³/mol. The number of methoxy groups -OCH3 is 1. The van der Waals surface area contributed by atoms with Crippen molar-refractivity contribution in [2.75, 3.05) is 81.8 Å². The van der Waals surface area contributed by atoms with Crippen molar-refractivity contribution < 1.29 is 9.30 Å². The largest absolute Gasteiger partial charge is 0.494 e. The number of halogens is 1. The number of piperazine rings is 1. The van der Waals surface area contributed by atoms with Gasteiger partial charge in [-0.25, -0.2) is 4.98 Å². The first kappa shape index (κ1) is 35.1. The van der Waals surface area contributed by atoms with Crippen LogP contribution in [-0.4, -0.2) is 102 Å². The molecule has 2 aromatic heterocycles. The van der Waals surface area contributed by atoms with Gasteiger partial charge < -0.3 is 29.7 Å². The van der Waals surface area contributed by atoms with Crippen molar-refractivity contribution in [3.63, 3.8) is 0 Å². The molecule has 2 N–H and O–H groups in total. The van der Waals surface area contributed by atoms with E-state index in [-0.39, 0.29) is 0 Å². The number of aromatic nitrogens is 4. The second kappa shape index (κ2) is 15.1. The van der Waals surface area contributed by atoms with Crippen LogP contribution in [0.1, 0.15) is 44.6 Å². The smallest absolute Gasteiger partial charge is 0.229 e. The molecule has 0 unspecified atom stereocenters. The molecule has 0 spiro atoms. The fourth-order valence-corrected chi connectivity index (χ4v) is 9.40.